The molecule has 0 N–H and O–H groups in total. The fourth-order valence-corrected chi connectivity index (χ4v) is 5.82. The maximum absolute atomic E-state index is 6.69. The summed E-state index contributed by atoms with van der Waals surface area (Å²) in [6, 6.07) is 24.2. The Hall–Kier alpha value is -3.08. The number of hydrogen-bond acceptors (Lipinski definition) is 3. The van der Waals surface area contributed by atoms with Crippen molar-refractivity contribution in [2.24, 2.45) is 4.99 Å². The lowest BCUT2D eigenvalue weighted by atomic mass is 9.87. The number of aliphatic imine (C=N–C) groups is 1. The minimum absolute atomic E-state index is 0.0326. The fourth-order valence-electron chi connectivity index (χ4n) is 5.10. The summed E-state index contributed by atoms with van der Waals surface area (Å²) in [6.45, 7) is 10.4. The van der Waals surface area contributed by atoms with Crippen molar-refractivity contribution < 1.29 is 0 Å². The third-order valence-corrected chi connectivity index (χ3v) is 8.47. The predicted octanol–water partition coefficient (Wildman–Crippen LogP) is 9.04. The van der Waals surface area contributed by atoms with Gasteiger partial charge in [-0.1, -0.05) is 99.2 Å². The van der Waals surface area contributed by atoms with Crippen molar-refractivity contribution in [1.82, 2.24) is 9.55 Å². The van der Waals surface area contributed by atoms with Gasteiger partial charge in [-0.25, -0.2) is 4.98 Å². The van der Waals surface area contributed by atoms with Crippen LogP contribution in [0.4, 0.5) is 0 Å². The molecule has 0 radical (unpaired) electrons. The average Bonchev–Trinajstić information content (AvgIpc) is 3.29. The van der Waals surface area contributed by atoms with E-state index < -0.39 is 0 Å². The number of halogens is 1. The van der Waals surface area contributed by atoms with E-state index in [0.29, 0.717) is 0 Å². The molecule has 206 valence electrons. The Labute approximate surface area is 248 Å². The second-order valence-corrected chi connectivity index (χ2v) is 13.1. The Morgan fingerprint density at radius 3 is 2.45 bits per heavy atom. The summed E-state index contributed by atoms with van der Waals surface area (Å²) in [5, 5.41) is -0.0326. The first-order valence-corrected chi connectivity index (χ1v) is 15.8. The third-order valence-electron chi connectivity index (χ3n) is 7.48. The quantitative estimate of drug-likeness (QED) is 0.121. The summed E-state index contributed by atoms with van der Waals surface area (Å²) in [4.78, 5) is 9.72. The van der Waals surface area contributed by atoms with Crippen LogP contribution in [-0.2, 0) is 12.0 Å². The summed E-state index contributed by atoms with van der Waals surface area (Å²) in [7, 11) is 0. The van der Waals surface area contributed by atoms with Crippen molar-refractivity contribution in [2.45, 2.75) is 50.9 Å². The van der Waals surface area contributed by atoms with Gasteiger partial charge in [-0.3, -0.25) is 4.99 Å². The van der Waals surface area contributed by atoms with Gasteiger partial charge in [0.1, 0.15) is 5.82 Å². The number of allylic oxidation sites excluding steroid dienone is 4. The molecule has 5 heteroatoms. The summed E-state index contributed by atoms with van der Waals surface area (Å²) in [5.74, 6) is 2.20. The van der Waals surface area contributed by atoms with E-state index in [9.17, 15) is 0 Å². The van der Waals surface area contributed by atoms with Crippen LogP contribution in [-0.4, -0.2) is 39.7 Å². The predicted molar refractivity (Wildman–Crippen MR) is 176 cm³/mol. The van der Waals surface area contributed by atoms with Gasteiger partial charge in [0.2, 0.25) is 0 Å². The van der Waals surface area contributed by atoms with E-state index in [1.54, 1.807) is 0 Å². The zero-order valence-electron chi connectivity index (χ0n) is 24.1. The number of imidazole rings is 1. The Balaban J connectivity index is 1.49. The standard InChI is InChI=1S/C35H38ClN3S/c1-24-6-16-30(31(36)20-24)27-11-13-28(14-12-27)34-38-32-21-29(35(2,3)4)15-17-33(32)39(34)23-26-9-7-25(8-10-26)22-37-18-19-40-5/h6-17,20-22,30-31H,18-19,23H2,1-5H3/b37-22+. The smallest absolute Gasteiger partial charge is 0.141 e. The maximum atomic E-state index is 6.69. The summed E-state index contributed by atoms with van der Waals surface area (Å²) in [6.07, 6.45) is 10.6. The number of hydrogen-bond donors (Lipinski definition) is 0. The molecule has 2 unspecified atom stereocenters. The van der Waals surface area contributed by atoms with Crippen LogP contribution in [0.5, 0.6) is 0 Å². The van der Waals surface area contributed by atoms with Crippen molar-refractivity contribution >= 4 is 40.6 Å². The van der Waals surface area contributed by atoms with Crippen LogP contribution in [0.3, 0.4) is 0 Å². The van der Waals surface area contributed by atoms with Crippen LogP contribution >= 0.6 is 23.4 Å². The number of nitrogens with zero attached hydrogens (tertiary/aromatic N) is 3. The molecule has 3 nitrogen and oxygen atoms in total. The van der Waals surface area contributed by atoms with Gasteiger partial charge in [-0.15, -0.1) is 11.6 Å². The highest BCUT2D eigenvalue weighted by Crippen LogP contribution is 2.34. The molecule has 2 atom stereocenters. The molecule has 40 heavy (non-hydrogen) atoms. The highest BCUT2D eigenvalue weighted by molar-refractivity contribution is 7.98. The number of rotatable bonds is 8. The molecule has 0 bridgehead atoms. The van der Waals surface area contributed by atoms with E-state index >= 15 is 0 Å². The maximum Gasteiger partial charge on any atom is 0.141 e. The molecule has 5 rings (SSSR count). The first-order valence-electron chi connectivity index (χ1n) is 13.9. The summed E-state index contributed by atoms with van der Waals surface area (Å²) >= 11 is 8.51. The third kappa shape index (κ3) is 6.45. The van der Waals surface area contributed by atoms with Gasteiger partial charge in [-0.05, 0) is 53.0 Å². The largest absolute Gasteiger partial charge is 0.319 e. The molecule has 0 spiro atoms. The van der Waals surface area contributed by atoms with Crippen LogP contribution in [0.2, 0.25) is 0 Å². The lowest BCUT2D eigenvalue weighted by molar-refractivity contribution is 0.591. The number of benzene rings is 3. The lowest BCUT2D eigenvalue weighted by Gasteiger charge is -2.21. The molecule has 3 aromatic carbocycles. The first kappa shape index (κ1) is 28.4. The van der Waals surface area contributed by atoms with E-state index in [4.69, 9.17) is 16.6 Å². The Morgan fingerprint density at radius 2 is 1.77 bits per heavy atom. The van der Waals surface area contributed by atoms with Crippen LogP contribution in [0.25, 0.3) is 22.4 Å². The van der Waals surface area contributed by atoms with Gasteiger partial charge in [-0.2, -0.15) is 11.8 Å². The van der Waals surface area contributed by atoms with Crippen LogP contribution in [0, 0.1) is 0 Å². The average molecular weight is 568 g/mol. The van der Waals surface area contributed by atoms with Crippen molar-refractivity contribution in [3.63, 3.8) is 0 Å². The molecule has 0 fully saturated rings. The van der Waals surface area contributed by atoms with Crippen molar-refractivity contribution in [2.75, 3.05) is 18.6 Å². The number of fused-ring (bicyclic) bond motifs is 1. The summed E-state index contributed by atoms with van der Waals surface area (Å²) in [5.41, 5.74) is 9.43. The minimum atomic E-state index is -0.0326. The highest BCUT2D eigenvalue weighted by atomic mass is 35.5. The van der Waals surface area contributed by atoms with Gasteiger partial charge < -0.3 is 4.57 Å². The molecule has 0 amide bonds. The molecular formula is C35H38ClN3S. The minimum Gasteiger partial charge on any atom is -0.319 e. The van der Waals surface area contributed by atoms with Crippen LogP contribution in [0.1, 0.15) is 55.9 Å². The van der Waals surface area contributed by atoms with Crippen LogP contribution < -0.4 is 0 Å². The second kappa shape index (κ2) is 12.2. The normalized spacial score (nSPS) is 17.6. The molecule has 4 aromatic rings. The van der Waals surface area contributed by atoms with E-state index in [1.165, 1.54) is 22.3 Å². The highest BCUT2D eigenvalue weighted by Gasteiger charge is 2.21. The molecule has 0 saturated heterocycles. The van der Waals surface area contributed by atoms with E-state index in [-0.39, 0.29) is 16.7 Å². The molecule has 1 heterocycles. The SMILES string of the molecule is CSCC/N=C/c1ccc(Cn2c(-c3ccc(C4C=CC(C)=CC4Cl)cc3)nc3cc(C(C)(C)C)ccc32)cc1. The van der Waals surface area contributed by atoms with Gasteiger partial charge >= 0.3 is 0 Å². The topological polar surface area (TPSA) is 30.2 Å². The van der Waals surface area contributed by atoms with E-state index in [1.807, 2.05) is 18.0 Å². The monoisotopic (exact) mass is 567 g/mol. The van der Waals surface area contributed by atoms with Crippen molar-refractivity contribution in [3.05, 3.63) is 113 Å². The van der Waals surface area contributed by atoms with Gasteiger partial charge in [0.15, 0.2) is 0 Å². The second-order valence-electron chi connectivity index (χ2n) is 11.6. The van der Waals surface area contributed by atoms with Crippen molar-refractivity contribution in [1.29, 1.82) is 0 Å². The molecule has 1 aliphatic rings. The van der Waals surface area contributed by atoms with Gasteiger partial charge in [0, 0.05) is 36.5 Å². The van der Waals surface area contributed by atoms with E-state index in [2.05, 4.69) is 128 Å². The number of thioether (sulfide) groups is 1. The number of alkyl halides is 1. The zero-order valence-corrected chi connectivity index (χ0v) is 25.6. The summed E-state index contributed by atoms with van der Waals surface area (Å²) < 4.78 is 2.34. The number of aromatic nitrogens is 2. The van der Waals surface area contributed by atoms with E-state index in [0.717, 1.165) is 46.8 Å². The Kier molecular flexibility index (Phi) is 8.68. The Morgan fingerprint density at radius 1 is 1.02 bits per heavy atom. The first-order chi connectivity index (χ1) is 19.2. The molecule has 0 saturated carbocycles. The molecule has 1 aromatic heterocycles. The zero-order chi connectivity index (χ0) is 28.3. The molecule has 0 aliphatic heterocycles. The van der Waals surface area contributed by atoms with Crippen LogP contribution in [0.15, 0.2) is 95.5 Å². The molecule has 1 aliphatic carbocycles. The lowest BCUT2D eigenvalue weighted by Crippen LogP contribution is -2.11. The van der Waals surface area contributed by atoms with Gasteiger partial charge in [0.05, 0.1) is 16.4 Å². The van der Waals surface area contributed by atoms with Crippen molar-refractivity contribution in [3.8, 4) is 11.4 Å². The fraction of sp³-hybridized carbons (Fsp3) is 0.314. The van der Waals surface area contributed by atoms with Gasteiger partial charge in [0.25, 0.3) is 0 Å². The Bertz CT molecular complexity index is 1550. The molecular weight excluding hydrogens is 530 g/mol.